The molecule has 2 saturated carbocycles. The highest BCUT2D eigenvalue weighted by atomic mass is 16.4. The molecule has 4 rings (SSSR count). The molecule has 1 aliphatic heterocycles. The van der Waals surface area contributed by atoms with Gasteiger partial charge < -0.3 is 15.3 Å². The number of hydrogen-bond donors (Lipinski definition) is 2. The van der Waals surface area contributed by atoms with Crippen LogP contribution in [0.4, 0.5) is 0 Å². The molecular weight excluding hydrogens is 490 g/mol. The topological polar surface area (TPSA) is 99.1 Å². The van der Waals surface area contributed by atoms with Crippen LogP contribution in [0.15, 0.2) is 29.3 Å². The maximum absolute atomic E-state index is 14.1. The van der Waals surface area contributed by atoms with Gasteiger partial charge in [-0.05, 0) is 85.8 Å². The maximum Gasteiger partial charge on any atom is 0.305 e. The summed E-state index contributed by atoms with van der Waals surface area (Å²) in [4.78, 5) is 44.9. The molecule has 2 aliphatic carbocycles. The van der Waals surface area contributed by atoms with Crippen molar-refractivity contribution in [3.63, 3.8) is 0 Å². The van der Waals surface area contributed by atoms with Gasteiger partial charge >= 0.3 is 5.97 Å². The van der Waals surface area contributed by atoms with Gasteiger partial charge in [0.25, 0.3) is 11.8 Å². The first kappa shape index (κ1) is 29.3. The molecule has 7 nitrogen and oxygen atoms in total. The van der Waals surface area contributed by atoms with E-state index < -0.39 is 11.6 Å². The second kappa shape index (κ2) is 11.1. The van der Waals surface area contributed by atoms with Crippen molar-refractivity contribution in [2.24, 2.45) is 27.7 Å². The number of carboxylic acid groups (broad SMARTS) is 1. The Hall–Kier alpha value is -2.70. The average Bonchev–Trinajstić information content (AvgIpc) is 3.65. The predicted octanol–water partition coefficient (Wildman–Crippen LogP) is 6.38. The Morgan fingerprint density at radius 2 is 1.67 bits per heavy atom. The van der Waals surface area contributed by atoms with Crippen molar-refractivity contribution >= 4 is 23.5 Å². The Morgan fingerprint density at radius 1 is 1.05 bits per heavy atom. The number of amides is 2. The molecule has 1 spiro atoms. The van der Waals surface area contributed by atoms with Crippen LogP contribution < -0.4 is 5.32 Å². The molecule has 3 aliphatic rings. The molecule has 7 heteroatoms. The minimum absolute atomic E-state index is 0.0891. The first-order valence-corrected chi connectivity index (χ1v) is 14.7. The van der Waals surface area contributed by atoms with Gasteiger partial charge in [0.05, 0.1) is 12.5 Å². The van der Waals surface area contributed by atoms with E-state index in [0.29, 0.717) is 17.4 Å². The summed E-state index contributed by atoms with van der Waals surface area (Å²) in [6, 6.07) is 7.41. The molecule has 0 unspecified atom stereocenters. The predicted molar refractivity (Wildman–Crippen MR) is 154 cm³/mol. The van der Waals surface area contributed by atoms with Crippen LogP contribution in [0.25, 0.3) is 0 Å². The number of rotatable bonds is 9. The number of carbonyl (C=O) groups is 3. The number of aliphatic imine (C=N–C) groups is 1. The molecule has 1 heterocycles. The zero-order chi connectivity index (χ0) is 28.6. The molecule has 1 aromatic rings. The van der Waals surface area contributed by atoms with Gasteiger partial charge in [0.2, 0.25) is 0 Å². The van der Waals surface area contributed by atoms with E-state index in [4.69, 9.17) is 10.1 Å². The number of nitrogens with one attached hydrogen (secondary N) is 1. The zero-order valence-corrected chi connectivity index (χ0v) is 24.7. The van der Waals surface area contributed by atoms with E-state index in [1.165, 1.54) is 0 Å². The molecule has 214 valence electrons. The summed E-state index contributed by atoms with van der Waals surface area (Å²) >= 11 is 0. The number of aliphatic carboxylic acids is 1. The fraction of sp³-hybridized carbons (Fsp3) is 0.688. The van der Waals surface area contributed by atoms with E-state index in [1.807, 2.05) is 12.1 Å². The standard InChI is InChI=1S/C32H47N3O4/c1-30(2,3)17-15-25(21-7-11-23(12-8-21)28(38)33-20-16-26(36)37)35-29(39)27(22-9-10-22)34-32(35)18-13-24(14-19-32)31(4,5)6/h7-8,11-12,22,24-25H,9-10,13-20H2,1-6H3,(H,33,38)(H,36,37)/t24?,25-,32?/m1/s1. The molecule has 2 fully saturated rings. The van der Waals surface area contributed by atoms with Gasteiger partial charge in [-0.15, -0.1) is 0 Å². The van der Waals surface area contributed by atoms with Crippen LogP contribution in [0.2, 0.25) is 0 Å². The summed E-state index contributed by atoms with van der Waals surface area (Å²) in [5, 5.41) is 11.5. The Kier molecular flexibility index (Phi) is 8.30. The molecule has 0 aromatic heterocycles. The lowest BCUT2D eigenvalue weighted by Gasteiger charge is -2.48. The highest BCUT2D eigenvalue weighted by Crippen LogP contribution is 2.51. The maximum atomic E-state index is 14.1. The Bertz CT molecular complexity index is 1100. The monoisotopic (exact) mass is 537 g/mol. The summed E-state index contributed by atoms with van der Waals surface area (Å²) in [6.07, 6.45) is 7.70. The van der Waals surface area contributed by atoms with Crippen LogP contribution in [0, 0.1) is 22.7 Å². The van der Waals surface area contributed by atoms with E-state index >= 15 is 0 Å². The minimum Gasteiger partial charge on any atom is -0.481 e. The van der Waals surface area contributed by atoms with Crippen LogP contribution in [0.3, 0.4) is 0 Å². The van der Waals surface area contributed by atoms with E-state index in [1.54, 1.807) is 12.1 Å². The lowest BCUT2D eigenvalue weighted by atomic mass is 9.69. The number of carbonyl (C=O) groups excluding carboxylic acids is 2. The smallest absolute Gasteiger partial charge is 0.305 e. The van der Waals surface area contributed by atoms with Gasteiger partial charge in [-0.2, -0.15) is 0 Å². The van der Waals surface area contributed by atoms with Crippen molar-refractivity contribution in [1.82, 2.24) is 10.2 Å². The highest BCUT2D eigenvalue weighted by molar-refractivity contribution is 6.41. The molecule has 0 saturated heterocycles. The molecule has 1 aromatic carbocycles. The Balaban J connectivity index is 1.63. The van der Waals surface area contributed by atoms with Crippen molar-refractivity contribution in [3.8, 4) is 0 Å². The number of hydrogen-bond acceptors (Lipinski definition) is 4. The first-order valence-electron chi connectivity index (χ1n) is 14.7. The summed E-state index contributed by atoms with van der Waals surface area (Å²) in [7, 11) is 0. The van der Waals surface area contributed by atoms with E-state index in [0.717, 1.165) is 62.6 Å². The first-order chi connectivity index (χ1) is 18.2. The quantitative estimate of drug-likeness (QED) is 0.382. The third kappa shape index (κ3) is 6.90. The largest absolute Gasteiger partial charge is 0.481 e. The van der Waals surface area contributed by atoms with Crippen molar-refractivity contribution < 1.29 is 19.5 Å². The number of benzene rings is 1. The van der Waals surface area contributed by atoms with E-state index in [2.05, 4.69) is 51.8 Å². The molecule has 0 bridgehead atoms. The molecule has 2 amide bonds. The van der Waals surface area contributed by atoms with Gasteiger partial charge in [-0.1, -0.05) is 53.7 Å². The van der Waals surface area contributed by atoms with Crippen LogP contribution in [-0.2, 0) is 9.59 Å². The normalized spacial score (nSPS) is 24.6. The van der Waals surface area contributed by atoms with Gasteiger partial charge in [-0.25, -0.2) is 0 Å². The third-order valence-electron chi connectivity index (χ3n) is 8.85. The van der Waals surface area contributed by atoms with Gasteiger partial charge in [-0.3, -0.25) is 19.4 Å². The number of nitrogens with zero attached hydrogens (tertiary/aromatic N) is 2. The Labute approximate surface area is 233 Å². The number of carboxylic acids is 1. The minimum atomic E-state index is -0.944. The van der Waals surface area contributed by atoms with Crippen molar-refractivity contribution in [3.05, 3.63) is 35.4 Å². The summed E-state index contributed by atoms with van der Waals surface area (Å²) in [5.41, 5.74) is 2.18. The third-order valence-corrected chi connectivity index (χ3v) is 8.85. The fourth-order valence-corrected chi connectivity index (χ4v) is 6.25. The molecular formula is C32H47N3O4. The molecule has 0 radical (unpaired) electrons. The summed E-state index contributed by atoms with van der Waals surface area (Å²) in [5.74, 6) is -0.198. The lowest BCUT2D eigenvalue weighted by Crippen LogP contribution is -2.51. The fourth-order valence-electron chi connectivity index (χ4n) is 6.25. The van der Waals surface area contributed by atoms with Crippen LogP contribution >= 0.6 is 0 Å². The second-order valence-corrected chi connectivity index (χ2v) is 14.2. The average molecular weight is 538 g/mol. The van der Waals surface area contributed by atoms with Crippen LogP contribution in [0.1, 0.15) is 121 Å². The van der Waals surface area contributed by atoms with Gasteiger partial charge in [0.1, 0.15) is 11.4 Å². The summed E-state index contributed by atoms with van der Waals surface area (Å²) < 4.78 is 0. The van der Waals surface area contributed by atoms with Crippen molar-refractivity contribution in [2.75, 3.05) is 6.54 Å². The second-order valence-electron chi connectivity index (χ2n) is 14.2. The van der Waals surface area contributed by atoms with Gasteiger partial charge in [0, 0.05) is 18.0 Å². The van der Waals surface area contributed by atoms with E-state index in [9.17, 15) is 14.4 Å². The van der Waals surface area contributed by atoms with Crippen molar-refractivity contribution in [1.29, 1.82) is 0 Å². The highest BCUT2D eigenvalue weighted by Gasteiger charge is 2.54. The van der Waals surface area contributed by atoms with E-state index in [-0.39, 0.29) is 41.7 Å². The van der Waals surface area contributed by atoms with Crippen LogP contribution in [-0.4, -0.2) is 45.7 Å². The molecule has 2 N–H and O–H groups in total. The molecule has 1 atom stereocenters. The van der Waals surface area contributed by atoms with Gasteiger partial charge in [0.15, 0.2) is 0 Å². The lowest BCUT2D eigenvalue weighted by molar-refractivity contribution is -0.137. The Morgan fingerprint density at radius 3 is 2.18 bits per heavy atom. The SMILES string of the molecule is CC(C)(C)CC[C@H](c1ccc(C(=O)NCCC(=O)O)cc1)N1C(=O)C(C2CC2)=NC12CCC(C(C)(C)C)CC2. The van der Waals surface area contributed by atoms with Crippen molar-refractivity contribution in [2.45, 2.75) is 111 Å². The van der Waals surface area contributed by atoms with Crippen LogP contribution in [0.5, 0.6) is 0 Å². The summed E-state index contributed by atoms with van der Waals surface area (Å²) in [6.45, 7) is 13.7. The molecule has 39 heavy (non-hydrogen) atoms. The zero-order valence-electron chi connectivity index (χ0n) is 24.7.